The number of fused-ring (bicyclic) bond motifs is 5. The summed E-state index contributed by atoms with van der Waals surface area (Å²) in [5.41, 5.74) is 1.07. The molecule has 4 rings (SSSR count). The molecule has 8 atom stereocenters. The van der Waals surface area contributed by atoms with Crippen molar-refractivity contribution >= 4 is 5.78 Å². The average Bonchev–Trinajstić information content (AvgIpc) is 3.04. The summed E-state index contributed by atoms with van der Waals surface area (Å²) in [5.74, 6) is 4.68. The summed E-state index contributed by atoms with van der Waals surface area (Å²) in [6.45, 7) is 16.4. The van der Waals surface area contributed by atoms with E-state index in [1.807, 2.05) is 0 Å². The Balaban J connectivity index is 1.58. The van der Waals surface area contributed by atoms with Gasteiger partial charge in [0.2, 0.25) is 0 Å². The van der Waals surface area contributed by atoms with Gasteiger partial charge in [-0.25, -0.2) is 0 Å². The summed E-state index contributed by atoms with van der Waals surface area (Å²) >= 11 is 0. The minimum atomic E-state index is -0.535. The summed E-state index contributed by atoms with van der Waals surface area (Å²) in [6, 6.07) is 0. The zero-order valence-corrected chi connectivity index (χ0v) is 21.3. The van der Waals surface area contributed by atoms with Crippen molar-refractivity contribution in [1.82, 2.24) is 0 Å². The monoisotopic (exact) mass is 428 g/mol. The third-order valence-corrected chi connectivity index (χ3v) is 11.0. The SMILES string of the molecule is CC(C)CCC[C@@H](C)[C@H]1CC[C@H]2[C@@H]3CC=C4C(C)(C)C(O)CC(=O)[C@]4(C)[C@H]3CC[C@]12C. The Morgan fingerprint density at radius 1 is 1.03 bits per heavy atom. The number of aliphatic hydroxyl groups is 1. The van der Waals surface area contributed by atoms with E-state index in [1.54, 1.807) is 0 Å². The van der Waals surface area contributed by atoms with Crippen molar-refractivity contribution in [3.8, 4) is 0 Å². The van der Waals surface area contributed by atoms with Gasteiger partial charge in [0.15, 0.2) is 0 Å². The Hall–Kier alpha value is -0.630. The topological polar surface area (TPSA) is 37.3 Å². The van der Waals surface area contributed by atoms with Crippen molar-refractivity contribution in [3.05, 3.63) is 11.6 Å². The number of rotatable bonds is 5. The Bertz CT molecular complexity index is 733. The van der Waals surface area contributed by atoms with E-state index in [9.17, 15) is 9.90 Å². The fourth-order valence-corrected chi connectivity index (χ4v) is 9.13. The quantitative estimate of drug-likeness (QED) is 0.470. The summed E-state index contributed by atoms with van der Waals surface area (Å²) in [5, 5.41) is 10.7. The largest absolute Gasteiger partial charge is 0.392 e. The van der Waals surface area contributed by atoms with Crippen LogP contribution in [0.15, 0.2) is 11.6 Å². The van der Waals surface area contributed by atoms with Gasteiger partial charge in [-0.2, -0.15) is 0 Å². The van der Waals surface area contributed by atoms with Gasteiger partial charge in [0.1, 0.15) is 5.78 Å². The highest BCUT2D eigenvalue weighted by Gasteiger charge is 2.63. The van der Waals surface area contributed by atoms with E-state index < -0.39 is 6.10 Å². The Morgan fingerprint density at radius 3 is 2.42 bits per heavy atom. The molecule has 0 aromatic carbocycles. The number of hydrogen-bond donors (Lipinski definition) is 1. The lowest BCUT2D eigenvalue weighted by Crippen LogP contribution is -2.58. The van der Waals surface area contributed by atoms with Crippen LogP contribution < -0.4 is 0 Å². The average molecular weight is 429 g/mol. The van der Waals surface area contributed by atoms with Gasteiger partial charge in [-0.15, -0.1) is 0 Å². The van der Waals surface area contributed by atoms with Gasteiger partial charge >= 0.3 is 0 Å². The van der Waals surface area contributed by atoms with Gasteiger partial charge in [0.05, 0.1) is 11.5 Å². The molecule has 0 aromatic heterocycles. The number of Topliss-reactive ketones (excluding diaryl/α,β-unsaturated/α-hetero) is 1. The van der Waals surface area contributed by atoms with Crippen molar-refractivity contribution < 1.29 is 9.90 Å². The first kappa shape index (κ1) is 23.5. The molecular weight excluding hydrogens is 380 g/mol. The van der Waals surface area contributed by atoms with Gasteiger partial charge in [-0.1, -0.05) is 72.5 Å². The molecule has 0 heterocycles. The van der Waals surface area contributed by atoms with Crippen molar-refractivity contribution in [1.29, 1.82) is 0 Å². The summed E-state index contributed by atoms with van der Waals surface area (Å²) in [4.78, 5) is 13.4. The first-order valence-electron chi connectivity index (χ1n) is 13.4. The van der Waals surface area contributed by atoms with E-state index in [1.165, 1.54) is 50.5 Å². The first-order valence-corrected chi connectivity index (χ1v) is 13.4. The number of aliphatic hydroxyl groups excluding tert-OH is 1. The highest BCUT2D eigenvalue weighted by atomic mass is 16.3. The Labute approximate surface area is 191 Å². The number of allylic oxidation sites excluding steroid dienone is 1. The molecule has 0 radical (unpaired) electrons. The van der Waals surface area contributed by atoms with Crippen molar-refractivity contribution in [2.75, 3.05) is 0 Å². The fraction of sp³-hybridized carbons (Fsp3) is 0.897. The second-order valence-corrected chi connectivity index (χ2v) is 13.3. The van der Waals surface area contributed by atoms with Crippen LogP contribution >= 0.6 is 0 Å². The van der Waals surface area contributed by atoms with E-state index in [4.69, 9.17) is 0 Å². The number of carbonyl (C=O) groups excluding carboxylic acids is 1. The van der Waals surface area contributed by atoms with Gasteiger partial charge < -0.3 is 5.11 Å². The zero-order valence-electron chi connectivity index (χ0n) is 21.3. The normalized spacial score (nSPS) is 45.0. The van der Waals surface area contributed by atoms with E-state index in [2.05, 4.69) is 54.5 Å². The minimum Gasteiger partial charge on any atom is -0.392 e. The molecule has 1 unspecified atom stereocenters. The third kappa shape index (κ3) is 3.49. The molecule has 0 aromatic rings. The van der Waals surface area contributed by atoms with Crippen LogP contribution in [0, 0.1) is 51.8 Å². The summed E-state index contributed by atoms with van der Waals surface area (Å²) in [7, 11) is 0. The van der Waals surface area contributed by atoms with Crippen LogP contribution in [-0.2, 0) is 4.79 Å². The van der Waals surface area contributed by atoms with E-state index in [0.29, 0.717) is 29.5 Å². The van der Waals surface area contributed by atoms with Crippen LogP contribution in [0.4, 0.5) is 0 Å². The van der Waals surface area contributed by atoms with E-state index >= 15 is 0 Å². The lowest BCUT2D eigenvalue weighted by atomic mass is 9.44. The van der Waals surface area contributed by atoms with E-state index in [-0.39, 0.29) is 10.8 Å². The molecule has 4 aliphatic rings. The second-order valence-electron chi connectivity index (χ2n) is 13.3. The maximum absolute atomic E-state index is 13.4. The van der Waals surface area contributed by atoms with Crippen molar-refractivity contribution in [3.63, 3.8) is 0 Å². The van der Waals surface area contributed by atoms with Gasteiger partial charge in [0.25, 0.3) is 0 Å². The number of ketones is 1. The summed E-state index contributed by atoms with van der Waals surface area (Å²) in [6.07, 6.45) is 12.7. The molecular formula is C29H48O2. The second kappa shape index (κ2) is 8.00. The molecule has 3 saturated carbocycles. The molecule has 31 heavy (non-hydrogen) atoms. The van der Waals surface area contributed by atoms with Crippen LogP contribution in [0.25, 0.3) is 0 Å². The maximum atomic E-state index is 13.4. The predicted molar refractivity (Wildman–Crippen MR) is 129 cm³/mol. The number of carbonyl (C=O) groups is 1. The lowest BCUT2D eigenvalue weighted by molar-refractivity contribution is -0.146. The fourth-order valence-electron chi connectivity index (χ4n) is 9.13. The molecule has 0 amide bonds. The first-order chi connectivity index (χ1) is 14.4. The number of hydrogen-bond acceptors (Lipinski definition) is 2. The molecule has 0 bridgehead atoms. The van der Waals surface area contributed by atoms with Crippen LogP contribution in [0.5, 0.6) is 0 Å². The molecule has 0 saturated heterocycles. The molecule has 2 nitrogen and oxygen atoms in total. The molecule has 1 N–H and O–H groups in total. The predicted octanol–water partition coefficient (Wildman–Crippen LogP) is 7.20. The van der Waals surface area contributed by atoms with Gasteiger partial charge in [0, 0.05) is 11.8 Å². The van der Waals surface area contributed by atoms with Crippen LogP contribution in [0.1, 0.15) is 106 Å². The van der Waals surface area contributed by atoms with E-state index in [0.717, 1.165) is 30.1 Å². The lowest BCUT2D eigenvalue weighted by Gasteiger charge is -2.60. The summed E-state index contributed by atoms with van der Waals surface area (Å²) < 4.78 is 0. The Kier molecular flexibility index (Phi) is 6.07. The van der Waals surface area contributed by atoms with Gasteiger partial charge in [-0.05, 0) is 80.0 Å². The molecule has 0 aliphatic heterocycles. The standard InChI is InChI=1S/C29H48O2/c1-18(2)9-8-10-19(3)21-12-13-22-20-11-14-24-27(4,5)25(30)17-26(31)29(24,7)23(20)15-16-28(21,22)6/h14,18-23,25,30H,8-13,15-17H2,1-7H3/t19-,20+,21-,22+,23+,25?,28-,29-/m1/s1. The highest BCUT2D eigenvalue weighted by molar-refractivity contribution is 5.90. The van der Waals surface area contributed by atoms with Gasteiger partial charge in [-0.3, -0.25) is 4.79 Å². The highest BCUT2D eigenvalue weighted by Crippen LogP contribution is 2.68. The van der Waals surface area contributed by atoms with Crippen LogP contribution in [0.2, 0.25) is 0 Å². The van der Waals surface area contributed by atoms with Crippen molar-refractivity contribution in [2.24, 2.45) is 51.8 Å². The molecule has 3 fully saturated rings. The van der Waals surface area contributed by atoms with Crippen molar-refractivity contribution in [2.45, 2.75) is 112 Å². The molecule has 176 valence electrons. The van der Waals surface area contributed by atoms with Crippen LogP contribution in [-0.4, -0.2) is 17.0 Å². The maximum Gasteiger partial charge on any atom is 0.145 e. The van der Waals surface area contributed by atoms with Crippen LogP contribution in [0.3, 0.4) is 0 Å². The zero-order chi connectivity index (χ0) is 22.8. The smallest absolute Gasteiger partial charge is 0.145 e. The molecule has 2 heteroatoms. The Morgan fingerprint density at radius 2 is 1.74 bits per heavy atom. The minimum absolute atomic E-state index is 0.280. The third-order valence-electron chi connectivity index (χ3n) is 11.0. The molecule has 4 aliphatic carbocycles. The molecule has 0 spiro atoms.